The molecule has 118 valence electrons. The Morgan fingerprint density at radius 1 is 1.09 bits per heavy atom. The number of aromatic amines is 1. The van der Waals surface area contributed by atoms with Crippen LogP contribution >= 0.6 is 0 Å². The highest BCUT2D eigenvalue weighted by Crippen LogP contribution is 2.20. The van der Waals surface area contributed by atoms with Crippen molar-refractivity contribution in [3.05, 3.63) is 51.1 Å². The van der Waals surface area contributed by atoms with Crippen LogP contribution in [0.25, 0.3) is 10.9 Å². The van der Waals surface area contributed by atoms with Crippen LogP contribution in [0.3, 0.4) is 0 Å². The molecule has 0 aliphatic heterocycles. The van der Waals surface area contributed by atoms with E-state index in [2.05, 4.69) is 44.3 Å². The Hall–Kier alpha value is -2.76. The third kappa shape index (κ3) is 2.92. The van der Waals surface area contributed by atoms with Crippen molar-refractivity contribution in [2.45, 2.75) is 34.1 Å². The minimum absolute atomic E-state index is 0.162. The summed E-state index contributed by atoms with van der Waals surface area (Å²) in [5, 5.41) is 4.02. The molecule has 6 nitrogen and oxygen atoms in total. The van der Waals surface area contributed by atoms with Crippen molar-refractivity contribution in [3.8, 4) is 0 Å². The number of aryl methyl sites for hydroxylation is 3. The molecule has 0 aliphatic rings. The molecule has 0 atom stereocenters. The van der Waals surface area contributed by atoms with E-state index in [4.69, 9.17) is 0 Å². The first-order valence-electron chi connectivity index (χ1n) is 7.59. The Balaban J connectivity index is 2.02. The summed E-state index contributed by atoms with van der Waals surface area (Å²) in [5.74, 6) is 0.771. The minimum atomic E-state index is -0.162. The van der Waals surface area contributed by atoms with Gasteiger partial charge in [-0.05, 0) is 44.9 Å². The average molecular weight is 309 g/mol. The molecule has 0 saturated heterocycles. The molecule has 0 amide bonds. The summed E-state index contributed by atoms with van der Waals surface area (Å²) in [4.78, 5) is 27.8. The van der Waals surface area contributed by atoms with Gasteiger partial charge in [0.25, 0.3) is 5.56 Å². The maximum atomic E-state index is 11.8. The highest BCUT2D eigenvalue weighted by molar-refractivity contribution is 5.82. The summed E-state index contributed by atoms with van der Waals surface area (Å²) in [6.45, 7) is 7.61. The molecule has 3 aromatic rings. The molecule has 0 aliphatic carbocycles. The Morgan fingerprint density at radius 3 is 2.57 bits per heavy atom. The molecule has 0 bridgehead atoms. The maximum absolute atomic E-state index is 11.8. The average Bonchev–Trinajstić information content (AvgIpc) is 2.52. The van der Waals surface area contributed by atoms with Crippen LogP contribution in [0.15, 0.2) is 23.0 Å². The van der Waals surface area contributed by atoms with E-state index in [1.807, 2.05) is 13.0 Å². The summed E-state index contributed by atoms with van der Waals surface area (Å²) < 4.78 is 0. The topological polar surface area (TPSA) is 83.6 Å². The van der Waals surface area contributed by atoms with E-state index >= 15 is 0 Å². The first kappa shape index (κ1) is 15.1. The monoisotopic (exact) mass is 309 g/mol. The van der Waals surface area contributed by atoms with Gasteiger partial charge < -0.3 is 0 Å². The zero-order valence-electron chi connectivity index (χ0n) is 13.7. The van der Waals surface area contributed by atoms with Gasteiger partial charge in [0, 0.05) is 16.6 Å². The quantitative estimate of drug-likeness (QED) is 0.777. The third-order valence-electron chi connectivity index (χ3n) is 3.98. The number of hydrogen-bond donors (Lipinski definition) is 2. The number of anilines is 2. The van der Waals surface area contributed by atoms with Crippen LogP contribution in [0.1, 0.15) is 29.4 Å². The molecular weight excluding hydrogens is 290 g/mol. The number of aromatic nitrogens is 4. The van der Waals surface area contributed by atoms with Crippen LogP contribution in [-0.2, 0) is 6.42 Å². The summed E-state index contributed by atoms with van der Waals surface area (Å²) in [7, 11) is 0. The van der Waals surface area contributed by atoms with E-state index in [0.717, 1.165) is 23.0 Å². The molecule has 0 saturated carbocycles. The van der Waals surface area contributed by atoms with Crippen molar-refractivity contribution >= 4 is 22.8 Å². The highest BCUT2D eigenvalue weighted by atomic mass is 16.1. The van der Waals surface area contributed by atoms with Gasteiger partial charge >= 0.3 is 0 Å². The van der Waals surface area contributed by atoms with Crippen molar-refractivity contribution in [1.82, 2.24) is 19.9 Å². The number of fused-ring (bicyclic) bond motifs is 1. The molecule has 2 N–H and O–H groups in total. The van der Waals surface area contributed by atoms with E-state index < -0.39 is 0 Å². The SMILES string of the molecule is CCc1ccc2nc(Nc3nc(C)c(C)c(=O)[nH]3)nc(C)c2c1. The number of rotatable bonds is 3. The van der Waals surface area contributed by atoms with Gasteiger partial charge in [-0.25, -0.2) is 15.0 Å². The fraction of sp³-hybridized carbons (Fsp3) is 0.294. The van der Waals surface area contributed by atoms with E-state index in [1.54, 1.807) is 13.8 Å². The molecule has 2 heterocycles. The summed E-state index contributed by atoms with van der Waals surface area (Å²) in [5.41, 5.74) is 4.14. The van der Waals surface area contributed by atoms with Gasteiger partial charge in [0.1, 0.15) is 0 Å². The van der Waals surface area contributed by atoms with Crippen LogP contribution in [0.5, 0.6) is 0 Å². The molecule has 6 heteroatoms. The van der Waals surface area contributed by atoms with Gasteiger partial charge in [0.05, 0.1) is 11.2 Å². The van der Waals surface area contributed by atoms with Crippen LogP contribution in [0, 0.1) is 20.8 Å². The molecule has 3 rings (SSSR count). The molecule has 0 unspecified atom stereocenters. The Labute approximate surface area is 134 Å². The van der Waals surface area contributed by atoms with E-state index in [0.29, 0.717) is 23.2 Å². The second kappa shape index (κ2) is 5.79. The minimum Gasteiger partial charge on any atom is -0.294 e. The number of H-pyrrole nitrogens is 1. The van der Waals surface area contributed by atoms with Gasteiger partial charge in [-0.1, -0.05) is 13.0 Å². The molecule has 1 aromatic carbocycles. The lowest BCUT2D eigenvalue weighted by molar-refractivity contribution is 1.01. The fourth-order valence-electron chi connectivity index (χ4n) is 2.41. The van der Waals surface area contributed by atoms with Gasteiger partial charge in [-0.15, -0.1) is 0 Å². The lowest BCUT2D eigenvalue weighted by Gasteiger charge is -2.09. The maximum Gasteiger partial charge on any atom is 0.255 e. The lowest BCUT2D eigenvalue weighted by atomic mass is 10.1. The van der Waals surface area contributed by atoms with E-state index in [-0.39, 0.29) is 5.56 Å². The van der Waals surface area contributed by atoms with E-state index in [9.17, 15) is 4.79 Å². The highest BCUT2D eigenvalue weighted by Gasteiger charge is 2.08. The zero-order valence-corrected chi connectivity index (χ0v) is 13.7. The Bertz CT molecular complexity index is 946. The fourth-order valence-corrected chi connectivity index (χ4v) is 2.41. The van der Waals surface area contributed by atoms with E-state index in [1.165, 1.54) is 5.56 Å². The van der Waals surface area contributed by atoms with Crippen LogP contribution in [-0.4, -0.2) is 19.9 Å². The van der Waals surface area contributed by atoms with Crippen molar-refractivity contribution in [3.63, 3.8) is 0 Å². The van der Waals surface area contributed by atoms with Gasteiger partial charge in [-0.2, -0.15) is 0 Å². The van der Waals surface area contributed by atoms with Gasteiger partial charge in [0.15, 0.2) is 0 Å². The second-order valence-corrected chi connectivity index (χ2v) is 5.59. The normalized spacial score (nSPS) is 11.0. The number of benzene rings is 1. The van der Waals surface area contributed by atoms with Crippen molar-refractivity contribution in [2.75, 3.05) is 5.32 Å². The molecule has 23 heavy (non-hydrogen) atoms. The van der Waals surface area contributed by atoms with Gasteiger partial charge in [0.2, 0.25) is 11.9 Å². The predicted molar refractivity (Wildman–Crippen MR) is 91.3 cm³/mol. The van der Waals surface area contributed by atoms with Crippen LogP contribution < -0.4 is 10.9 Å². The predicted octanol–water partition coefficient (Wildman–Crippen LogP) is 2.94. The molecular formula is C17H19N5O. The molecule has 2 aromatic heterocycles. The largest absolute Gasteiger partial charge is 0.294 e. The first-order chi connectivity index (χ1) is 11.0. The summed E-state index contributed by atoms with van der Waals surface area (Å²) in [6.07, 6.45) is 0.975. The van der Waals surface area contributed by atoms with Gasteiger partial charge in [-0.3, -0.25) is 15.1 Å². The van der Waals surface area contributed by atoms with Crippen molar-refractivity contribution in [2.24, 2.45) is 0 Å². The lowest BCUT2D eigenvalue weighted by Crippen LogP contribution is -2.16. The first-order valence-corrected chi connectivity index (χ1v) is 7.59. The number of hydrogen-bond acceptors (Lipinski definition) is 5. The summed E-state index contributed by atoms with van der Waals surface area (Å²) >= 11 is 0. The molecule has 0 radical (unpaired) electrons. The molecule has 0 spiro atoms. The third-order valence-corrected chi connectivity index (χ3v) is 3.98. The Kier molecular flexibility index (Phi) is 3.82. The molecule has 0 fully saturated rings. The van der Waals surface area contributed by atoms with Crippen LogP contribution in [0.2, 0.25) is 0 Å². The smallest absolute Gasteiger partial charge is 0.255 e. The Morgan fingerprint density at radius 2 is 1.87 bits per heavy atom. The number of nitrogens with zero attached hydrogens (tertiary/aromatic N) is 3. The van der Waals surface area contributed by atoms with Crippen molar-refractivity contribution in [1.29, 1.82) is 0 Å². The second-order valence-electron chi connectivity index (χ2n) is 5.59. The number of nitrogens with one attached hydrogen (secondary N) is 2. The van der Waals surface area contributed by atoms with Crippen molar-refractivity contribution < 1.29 is 0 Å². The standard InChI is InChI=1S/C17H19N5O/c1-5-12-6-7-14-13(8-12)11(4)19-16(20-14)22-17-18-10(3)9(2)15(23)21-17/h6-8H,5H2,1-4H3,(H2,18,19,20,21,22,23). The summed E-state index contributed by atoms with van der Waals surface area (Å²) in [6, 6.07) is 6.17. The zero-order chi connectivity index (χ0) is 16.6. The van der Waals surface area contributed by atoms with Crippen LogP contribution in [0.4, 0.5) is 11.9 Å².